The molecule has 0 amide bonds. The molecule has 3 heterocycles. The summed E-state index contributed by atoms with van der Waals surface area (Å²) in [4.78, 5) is 15.8. The Morgan fingerprint density at radius 1 is 1.09 bits per heavy atom. The van der Waals surface area contributed by atoms with Gasteiger partial charge in [0.15, 0.2) is 5.82 Å². The molecule has 0 bridgehead atoms. The Balaban J connectivity index is 1.58. The molecule has 23 heavy (non-hydrogen) atoms. The predicted molar refractivity (Wildman–Crippen MR) is 88.0 cm³/mol. The van der Waals surface area contributed by atoms with E-state index in [0.717, 1.165) is 31.0 Å². The van der Waals surface area contributed by atoms with E-state index in [9.17, 15) is 0 Å². The van der Waals surface area contributed by atoms with Crippen LogP contribution in [-0.2, 0) is 6.54 Å². The normalized spacial score (nSPS) is 18.3. The van der Waals surface area contributed by atoms with Crippen LogP contribution in [-0.4, -0.2) is 31.0 Å². The van der Waals surface area contributed by atoms with Crippen molar-refractivity contribution >= 4 is 0 Å². The Morgan fingerprint density at radius 3 is 2.83 bits per heavy atom. The summed E-state index contributed by atoms with van der Waals surface area (Å²) in [7, 11) is 0. The van der Waals surface area contributed by atoms with Gasteiger partial charge in [0, 0.05) is 18.9 Å². The second-order valence-corrected chi connectivity index (χ2v) is 5.89. The van der Waals surface area contributed by atoms with E-state index in [2.05, 4.69) is 45.2 Å². The van der Waals surface area contributed by atoms with Crippen molar-refractivity contribution in [3.63, 3.8) is 0 Å². The number of hydrogen-bond acceptors (Lipinski definition) is 4. The van der Waals surface area contributed by atoms with E-state index in [-0.39, 0.29) is 0 Å². The fraction of sp³-hybridized carbons (Fsp3) is 0.278. The summed E-state index contributed by atoms with van der Waals surface area (Å²) >= 11 is 0. The van der Waals surface area contributed by atoms with E-state index < -0.39 is 0 Å². The van der Waals surface area contributed by atoms with Crippen LogP contribution in [0.2, 0.25) is 0 Å². The number of likely N-dealkylation sites (tertiary alicyclic amines) is 1. The third kappa shape index (κ3) is 3.00. The minimum absolute atomic E-state index is 0.339. The van der Waals surface area contributed by atoms with Gasteiger partial charge < -0.3 is 0 Å². The van der Waals surface area contributed by atoms with Crippen molar-refractivity contribution < 1.29 is 0 Å². The molecule has 0 aliphatic carbocycles. The molecule has 3 aromatic rings. The number of rotatable bonds is 4. The number of nitrogens with zero attached hydrogens (tertiary/aromatic N) is 5. The third-order valence-corrected chi connectivity index (χ3v) is 4.34. The third-order valence-electron chi connectivity index (χ3n) is 4.34. The molecule has 0 saturated carbocycles. The number of imidazole rings is 1. The first-order valence-corrected chi connectivity index (χ1v) is 7.98. The smallest absolute Gasteiger partial charge is 0.156 e. The Morgan fingerprint density at radius 2 is 2.00 bits per heavy atom. The van der Waals surface area contributed by atoms with Gasteiger partial charge >= 0.3 is 0 Å². The summed E-state index contributed by atoms with van der Waals surface area (Å²) in [5.41, 5.74) is 2.39. The molecular formula is C18H19N5. The highest BCUT2D eigenvalue weighted by atomic mass is 15.2. The Hall–Kier alpha value is -2.53. The summed E-state index contributed by atoms with van der Waals surface area (Å²) in [6.07, 6.45) is 11.4. The maximum absolute atomic E-state index is 4.81. The van der Waals surface area contributed by atoms with E-state index in [4.69, 9.17) is 4.98 Å². The van der Waals surface area contributed by atoms with Crippen LogP contribution in [0, 0.1) is 0 Å². The summed E-state index contributed by atoms with van der Waals surface area (Å²) < 4.78 is 1.90. The second-order valence-electron chi connectivity index (χ2n) is 5.89. The number of benzene rings is 1. The highest BCUT2D eigenvalue weighted by Crippen LogP contribution is 2.32. The molecule has 116 valence electrons. The van der Waals surface area contributed by atoms with Crippen LogP contribution in [0.3, 0.4) is 0 Å². The SMILES string of the molecule is c1ccc(CN2CCC[C@@H]2c2cncc(-n3ccnc3)n2)cc1. The monoisotopic (exact) mass is 305 g/mol. The van der Waals surface area contributed by atoms with E-state index in [0.29, 0.717) is 6.04 Å². The molecular weight excluding hydrogens is 286 g/mol. The van der Waals surface area contributed by atoms with Crippen LogP contribution in [0.1, 0.15) is 30.1 Å². The lowest BCUT2D eigenvalue weighted by molar-refractivity contribution is 0.244. The molecule has 1 saturated heterocycles. The highest BCUT2D eigenvalue weighted by molar-refractivity contribution is 5.22. The van der Waals surface area contributed by atoms with Crippen molar-refractivity contribution in [2.24, 2.45) is 0 Å². The quantitative estimate of drug-likeness (QED) is 0.743. The highest BCUT2D eigenvalue weighted by Gasteiger charge is 2.27. The average molecular weight is 305 g/mol. The van der Waals surface area contributed by atoms with Gasteiger partial charge in [0.2, 0.25) is 0 Å². The summed E-state index contributed by atoms with van der Waals surface area (Å²) in [5.74, 6) is 0.826. The summed E-state index contributed by atoms with van der Waals surface area (Å²) in [5, 5.41) is 0. The van der Waals surface area contributed by atoms with Crippen molar-refractivity contribution in [2.45, 2.75) is 25.4 Å². The number of aromatic nitrogens is 4. The molecule has 4 rings (SSSR count). The number of hydrogen-bond donors (Lipinski definition) is 0. The average Bonchev–Trinajstić information content (AvgIpc) is 3.28. The van der Waals surface area contributed by atoms with Crippen LogP contribution in [0.5, 0.6) is 0 Å². The molecule has 1 atom stereocenters. The fourth-order valence-corrected chi connectivity index (χ4v) is 3.22. The molecule has 5 nitrogen and oxygen atoms in total. The van der Waals surface area contributed by atoms with Gasteiger partial charge in [-0.1, -0.05) is 30.3 Å². The van der Waals surface area contributed by atoms with Crippen molar-refractivity contribution in [1.82, 2.24) is 24.4 Å². The molecule has 1 aliphatic heterocycles. The molecule has 0 spiro atoms. The molecule has 0 unspecified atom stereocenters. The zero-order valence-electron chi connectivity index (χ0n) is 12.9. The Bertz CT molecular complexity index is 754. The largest absolute Gasteiger partial charge is 0.290 e. The molecule has 1 aromatic carbocycles. The van der Waals surface area contributed by atoms with E-state index in [1.165, 1.54) is 12.0 Å². The van der Waals surface area contributed by atoms with Gasteiger partial charge in [-0.05, 0) is 24.9 Å². The van der Waals surface area contributed by atoms with Crippen molar-refractivity contribution in [3.8, 4) is 5.82 Å². The van der Waals surface area contributed by atoms with Gasteiger partial charge in [-0.3, -0.25) is 14.5 Å². The van der Waals surface area contributed by atoms with Crippen LogP contribution in [0.4, 0.5) is 0 Å². The molecule has 5 heteroatoms. The van der Waals surface area contributed by atoms with E-state index >= 15 is 0 Å². The van der Waals surface area contributed by atoms with Gasteiger partial charge in [-0.15, -0.1) is 0 Å². The van der Waals surface area contributed by atoms with Crippen LogP contribution in [0.15, 0.2) is 61.4 Å². The van der Waals surface area contributed by atoms with Gasteiger partial charge in [0.05, 0.1) is 24.1 Å². The lowest BCUT2D eigenvalue weighted by atomic mass is 10.1. The predicted octanol–water partition coefficient (Wildman–Crippen LogP) is 3.00. The second kappa shape index (κ2) is 6.30. The van der Waals surface area contributed by atoms with Gasteiger partial charge in [0.1, 0.15) is 6.33 Å². The molecule has 1 aliphatic rings. The maximum Gasteiger partial charge on any atom is 0.156 e. The van der Waals surface area contributed by atoms with Gasteiger partial charge in [-0.2, -0.15) is 0 Å². The molecule has 0 radical (unpaired) electrons. The van der Waals surface area contributed by atoms with Gasteiger partial charge in [0.25, 0.3) is 0 Å². The lowest BCUT2D eigenvalue weighted by Gasteiger charge is -2.24. The molecule has 1 fully saturated rings. The molecule has 0 N–H and O–H groups in total. The maximum atomic E-state index is 4.81. The zero-order chi connectivity index (χ0) is 15.5. The first-order chi connectivity index (χ1) is 11.4. The van der Waals surface area contributed by atoms with Crippen LogP contribution < -0.4 is 0 Å². The minimum Gasteiger partial charge on any atom is -0.290 e. The minimum atomic E-state index is 0.339. The van der Waals surface area contributed by atoms with E-state index in [1.54, 1.807) is 18.7 Å². The Kier molecular flexibility index (Phi) is 3.86. The van der Waals surface area contributed by atoms with Gasteiger partial charge in [-0.25, -0.2) is 9.97 Å². The standard InChI is InChI=1S/C18H19N5/c1-2-5-15(6-3-1)13-22-9-4-7-17(22)16-11-20-12-18(21-16)23-10-8-19-14-23/h1-3,5-6,8,10-12,14,17H,4,7,9,13H2/t17-/m1/s1. The lowest BCUT2D eigenvalue weighted by Crippen LogP contribution is -2.23. The first-order valence-electron chi connectivity index (χ1n) is 7.98. The van der Waals surface area contributed by atoms with Crippen LogP contribution >= 0.6 is 0 Å². The fourth-order valence-electron chi connectivity index (χ4n) is 3.22. The van der Waals surface area contributed by atoms with Crippen molar-refractivity contribution in [3.05, 3.63) is 72.7 Å². The topological polar surface area (TPSA) is 46.8 Å². The van der Waals surface area contributed by atoms with Crippen molar-refractivity contribution in [2.75, 3.05) is 6.54 Å². The summed E-state index contributed by atoms with van der Waals surface area (Å²) in [6, 6.07) is 11.0. The molecule has 2 aromatic heterocycles. The Labute approximate surface area is 135 Å². The van der Waals surface area contributed by atoms with E-state index in [1.807, 2.05) is 17.0 Å². The van der Waals surface area contributed by atoms with Crippen molar-refractivity contribution in [1.29, 1.82) is 0 Å². The van der Waals surface area contributed by atoms with Crippen LogP contribution in [0.25, 0.3) is 5.82 Å². The zero-order valence-corrected chi connectivity index (χ0v) is 12.9. The summed E-state index contributed by atoms with van der Waals surface area (Å²) in [6.45, 7) is 2.07. The first kappa shape index (κ1) is 14.1.